The van der Waals surface area contributed by atoms with Crippen LogP contribution in [-0.4, -0.2) is 10.9 Å². The predicted octanol–water partition coefficient (Wildman–Crippen LogP) is 4.87. The number of carbonyl (C=O) groups excluding carboxylic acids is 1. The van der Waals surface area contributed by atoms with Crippen molar-refractivity contribution in [2.24, 2.45) is 0 Å². The number of hydrogen-bond acceptors (Lipinski definition) is 4. The lowest BCUT2D eigenvalue weighted by Gasteiger charge is -2.16. The summed E-state index contributed by atoms with van der Waals surface area (Å²) in [6.45, 7) is 2.32. The fourth-order valence-electron chi connectivity index (χ4n) is 2.35. The number of rotatable bonds is 6. The molecule has 1 aromatic heterocycles. The van der Waals surface area contributed by atoms with Gasteiger partial charge in [0, 0.05) is 16.0 Å². The molecule has 0 saturated heterocycles. The third kappa shape index (κ3) is 4.59. The molecule has 1 N–H and O–H groups in total. The molecule has 0 fully saturated rings. The first-order valence-corrected chi connectivity index (χ1v) is 9.11. The third-order valence-electron chi connectivity index (χ3n) is 3.71. The van der Waals surface area contributed by atoms with Crippen LogP contribution in [0.2, 0.25) is 5.02 Å². The number of nitrogens with zero attached hydrogens (tertiary/aromatic N) is 1. The molecule has 6 heteroatoms. The minimum Gasteiger partial charge on any atom is -0.487 e. The van der Waals surface area contributed by atoms with E-state index in [0.29, 0.717) is 22.9 Å². The normalized spacial score (nSPS) is 11.8. The molecule has 0 aliphatic carbocycles. The van der Waals surface area contributed by atoms with Crippen LogP contribution < -0.4 is 10.1 Å². The third-order valence-corrected chi connectivity index (χ3v) is 4.69. The number of carbonyl (C=O) groups is 1. The first kappa shape index (κ1) is 17.5. The number of benzene rings is 2. The number of aromatic nitrogens is 1. The molecule has 4 nitrogen and oxygen atoms in total. The van der Waals surface area contributed by atoms with Crippen molar-refractivity contribution in [3.63, 3.8) is 0 Å². The first-order valence-electron chi connectivity index (χ1n) is 7.78. The standard InChI is InChI=1S/C19H17ClN2O2S/c1-13(17-4-2-3-5-18(17)20)22-19(23)14-6-8-16(9-7-14)24-10-15-11-25-12-21-15/h2-9,11-13H,10H2,1H3,(H,22,23). The van der Waals surface area contributed by atoms with E-state index in [4.69, 9.17) is 16.3 Å². The first-order chi connectivity index (χ1) is 12.1. The summed E-state index contributed by atoms with van der Waals surface area (Å²) in [5, 5.41) is 5.54. The lowest BCUT2D eigenvalue weighted by atomic mass is 10.1. The van der Waals surface area contributed by atoms with Crippen molar-refractivity contribution in [1.29, 1.82) is 0 Å². The molecule has 0 spiro atoms. The van der Waals surface area contributed by atoms with E-state index < -0.39 is 0 Å². The SMILES string of the molecule is CC(NC(=O)c1ccc(OCc2cscn2)cc1)c1ccccc1Cl. The lowest BCUT2D eigenvalue weighted by molar-refractivity contribution is 0.0940. The largest absolute Gasteiger partial charge is 0.487 e. The van der Waals surface area contributed by atoms with Gasteiger partial charge in [0.25, 0.3) is 5.91 Å². The maximum atomic E-state index is 12.4. The van der Waals surface area contributed by atoms with Crippen molar-refractivity contribution in [2.45, 2.75) is 19.6 Å². The van der Waals surface area contributed by atoms with Gasteiger partial charge in [0.05, 0.1) is 17.2 Å². The molecule has 3 aromatic rings. The van der Waals surface area contributed by atoms with Gasteiger partial charge in [-0.15, -0.1) is 11.3 Å². The molecule has 2 aromatic carbocycles. The van der Waals surface area contributed by atoms with Gasteiger partial charge < -0.3 is 10.1 Å². The van der Waals surface area contributed by atoms with E-state index in [1.165, 1.54) is 11.3 Å². The second-order valence-corrected chi connectivity index (χ2v) is 6.64. The number of ether oxygens (including phenoxy) is 1. The number of nitrogens with one attached hydrogen (secondary N) is 1. The monoisotopic (exact) mass is 372 g/mol. The van der Waals surface area contributed by atoms with E-state index >= 15 is 0 Å². The van der Waals surface area contributed by atoms with Gasteiger partial charge >= 0.3 is 0 Å². The highest BCUT2D eigenvalue weighted by molar-refractivity contribution is 7.07. The van der Waals surface area contributed by atoms with Crippen molar-refractivity contribution in [1.82, 2.24) is 10.3 Å². The molecular weight excluding hydrogens is 356 g/mol. The fourth-order valence-corrected chi connectivity index (χ4v) is 3.20. The van der Waals surface area contributed by atoms with Crippen molar-refractivity contribution in [3.8, 4) is 5.75 Å². The number of amides is 1. The molecule has 0 aliphatic heterocycles. The second kappa shape index (κ2) is 8.14. The van der Waals surface area contributed by atoms with E-state index in [1.807, 2.05) is 36.6 Å². The Hall–Kier alpha value is -2.37. The molecule has 1 atom stereocenters. The Balaban J connectivity index is 1.59. The Morgan fingerprint density at radius 1 is 1.24 bits per heavy atom. The van der Waals surface area contributed by atoms with Crippen LogP contribution in [0.4, 0.5) is 0 Å². The number of thiazole rings is 1. The van der Waals surface area contributed by atoms with Crippen LogP contribution in [-0.2, 0) is 6.61 Å². The highest BCUT2D eigenvalue weighted by Crippen LogP contribution is 2.22. The predicted molar refractivity (Wildman–Crippen MR) is 100 cm³/mol. The Kier molecular flexibility index (Phi) is 5.68. The molecule has 0 bridgehead atoms. The molecule has 25 heavy (non-hydrogen) atoms. The number of halogens is 1. The van der Waals surface area contributed by atoms with Crippen LogP contribution >= 0.6 is 22.9 Å². The summed E-state index contributed by atoms with van der Waals surface area (Å²) >= 11 is 7.71. The van der Waals surface area contributed by atoms with Crippen molar-refractivity contribution in [2.75, 3.05) is 0 Å². The number of hydrogen-bond donors (Lipinski definition) is 1. The van der Waals surface area contributed by atoms with E-state index in [-0.39, 0.29) is 11.9 Å². The van der Waals surface area contributed by atoms with Crippen LogP contribution in [0.1, 0.15) is 34.6 Å². The van der Waals surface area contributed by atoms with Gasteiger partial charge in [-0.25, -0.2) is 4.98 Å². The second-order valence-electron chi connectivity index (χ2n) is 5.51. The van der Waals surface area contributed by atoms with Gasteiger partial charge in [0.15, 0.2) is 0 Å². The quantitative estimate of drug-likeness (QED) is 0.671. The van der Waals surface area contributed by atoms with Crippen molar-refractivity contribution < 1.29 is 9.53 Å². The van der Waals surface area contributed by atoms with Crippen LogP contribution in [0.3, 0.4) is 0 Å². The molecule has 128 valence electrons. The minimum atomic E-state index is -0.179. The average molecular weight is 373 g/mol. The van der Waals surface area contributed by atoms with Crippen molar-refractivity contribution >= 4 is 28.8 Å². The maximum Gasteiger partial charge on any atom is 0.251 e. The highest BCUT2D eigenvalue weighted by atomic mass is 35.5. The van der Waals surface area contributed by atoms with Crippen LogP contribution in [0, 0.1) is 0 Å². The zero-order chi connectivity index (χ0) is 17.6. The smallest absolute Gasteiger partial charge is 0.251 e. The Bertz CT molecular complexity index is 835. The van der Waals surface area contributed by atoms with Gasteiger partial charge in [-0.2, -0.15) is 0 Å². The van der Waals surface area contributed by atoms with Crippen LogP contribution in [0.5, 0.6) is 5.75 Å². The Labute approximate surface area is 155 Å². The maximum absolute atomic E-state index is 12.4. The van der Waals surface area contributed by atoms with Gasteiger partial charge in [-0.3, -0.25) is 4.79 Å². The summed E-state index contributed by atoms with van der Waals surface area (Å²) < 4.78 is 5.65. The molecule has 0 radical (unpaired) electrons. The zero-order valence-corrected chi connectivity index (χ0v) is 15.2. The van der Waals surface area contributed by atoms with E-state index in [2.05, 4.69) is 10.3 Å². The molecule has 1 amide bonds. The summed E-state index contributed by atoms with van der Waals surface area (Å²) in [5.41, 5.74) is 4.12. The van der Waals surface area contributed by atoms with Gasteiger partial charge in [-0.05, 0) is 42.8 Å². The Morgan fingerprint density at radius 2 is 2.00 bits per heavy atom. The van der Waals surface area contributed by atoms with Gasteiger partial charge in [-0.1, -0.05) is 29.8 Å². The lowest BCUT2D eigenvalue weighted by Crippen LogP contribution is -2.26. The fraction of sp³-hybridized carbons (Fsp3) is 0.158. The summed E-state index contributed by atoms with van der Waals surface area (Å²) in [4.78, 5) is 16.6. The van der Waals surface area contributed by atoms with Crippen LogP contribution in [0.15, 0.2) is 59.4 Å². The van der Waals surface area contributed by atoms with Gasteiger partial charge in [0.1, 0.15) is 12.4 Å². The molecule has 0 aliphatic rings. The van der Waals surface area contributed by atoms with E-state index in [0.717, 1.165) is 11.3 Å². The summed E-state index contributed by atoms with van der Waals surface area (Å²) in [6.07, 6.45) is 0. The summed E-state index contributed by atoms with van der Waals surface area (Å²) in [6, 6.07) is 14.3. The minimum absolute atomic E-state index is 0.154. The van der Waals surface area contributed by atoms with Crippen LogP contribution in [0.25, 0.3) is 0 Å². The van der Waals surface area contributed by atoms with E-state index in [9.17, 15) is 4.79 Å². The summed E-state index contributed by atoms with van der Waals surface area (Å²) in [5.74, 6) is 0.544. The molecule has 1 unspecified atom stereocenters. The van der Waals surface area contributed by atoms with Crippen molar-refractivity contribution in [3.05, 3.63) is 81.3 Å². The molecule has 1 heterocycles. The average Bonchev–Trinajstić information content (AvgIpc) is 3.14. The zero-order valence-electron chi connectivity index (χ0n) is 13.6. The highest BCUT2D eigenvalue weighted by Gasteiger charge is 2.13. The van der Waals surface area contributed by atoms with Gasteiger partial charge in [0.2, 0.25) is 0 Å². The molecular formula is C19H17ClN2O2S. The molecule has 3 rings (SSSR count). The van der Waals surface area contributed by atoms with E-state index in [1.54, 1.807) is 29.8 Å². The molecule has 0 saturated carbocycles. The Morgan fingerprint density at radius 3 is 2.68 bits per heavy atom. The topological polar surface area (TPSA) is 51.2 Å². The summed E-state index contributed by atoms with van der Waals surface area (Å²) in [7, 11) is 0.